The van der Waals surface area contributed by atoms with Crippen molar-refractivity contribution in [2.75, 3.05) is 27.2 Å². The van der Waals surface area contributed by atoms with Crippen LogP contribution < -0.4 is 15.4 Å². The summed E-state index contributed by atoms with van der Waals surface area (Å²) < 4.78 is 5.14. The van der Waals surface area contributed by atoms with E-state index in [2.05, 4.69) is 10.6 Å². The van der Waals surface area contributed by atoms with Crippen molar-refractivity contribution >= 4 is 18.3 Å². The molecule has 2 N–H and O–H groups in total. The zero-order valence-corrected chi connectivity index (χ0v) is 11.8. The monoisotopic (exact) mass is 272 g/mol. The summed E-state index contributed by atoms with van der Waals surface area (Å²) in [4.78, 5) is 11.8. The Labute approximate surface area is 115 Å². The lowest BCUT2D eigenvalue weighted by Crippen LogP contribution is -2.33. The van der Waals surface area contributed by atoms with Crippen LogP contribution in [-0.2, 0) is 4.79 Å². The lowest BCUT2D eigenvalue weighted by molar-refractivity contribution is -0.122. The van der Waals surface area contributed by atoms with Gasteiger partial charge in [0.05, 0.1) is 13.0 Å². The lowest BCUT2D eigenvalue weighted by Gasteiger charge is -2.13. The first-order valence-corrected chi connectivity index (χ1v) is 5.75. The number of benzene rings is 1. The SMILES string of the molecule is CNCCNC(=O)C(C)c1cccc(OC)c1.Cl. The fraction of sp³-hybridized carbons (Fsp3) is 0.462. The highest BCUT2D eigenvalue weighted by Gasteiger charge is 2.14. The van der Waals surface area contributed by atoms with Crippen molar-refractivity contribution in [3.63, 3.8) is 0 Å². The largest absolute Gasteiger partial charge is 0.497 e. The molecule has 1 rings (SSSR count). The first kappa shape index (κ1) is 16.7. The van der Waals surface area contributed by atoms with E-state index in [4.69, 9.17) is 4.74 Å². The second kappa shape index (κ2) is 8.78. The number of nitrogens with one attached hydrogen (secondary N) is 2. The molecular weight excluding hydrogens is 252 g/mol. The standard InChI is InChI=1S/C13H20N2O2.ClH/c1-10(13(16)15-8-7-14-2)11-5-4-6-12(9-11)17-3;/h4-6,9-10,14H,7-8H2,1-3H3,(H,15,16);1H. The first-order chi connectivity index (χ1) is 8.19. The van der Waals surface area contributed by atoms with Crippen molar-refractivity contribution in [3.8, 4) is 5.75 Å². The van der Waals surface area contributed by atoms with Crippen LogP contribution in [0.25, 0.3) is 0 Å². The molecule has 1 unspecified atom stereocenters. The van der Waals surface area contributed by atoms with Crippen molar-refractivity contribution in [1.82, 2.24) is 10.6 Å². The molecule has 0 aromatic heterocycles. The van der Waals surface area contributed by atoms with Gasteiger partial charge < -0.3 is 15.4 Å². The molecule has 0 spiro atoms. The van der Waals surface area contributed by atoms with Gasteiger partial charge in [-0.2, -0.15) is 0 Å². The number of carbonyl (C=O) groups is 1. The van der Waals surface area contributed by atoms with Crippen molar-refractivity contribution in [1.29, 1.82) is 0 Å². The Balaban J connectivity index is 0.00000289. The van der Waals surface area contributed by atoms with Crippen molar-refractivity contribution < 1.29 is 9.53 Å². The van der Waals surface area contributed by atoms with Crippen LogP contribution in [0.1, 0.15) is 18.4 Å². The minimum absolute atomic E-state index is 0. The Hall–Kier alpha value is -1.26. The number of amides is 1. The zero-order valence-electron chi connectivity index (χ0n) is 11.0. The van der Waals surface area contributed by atoms with Gasteiger partial charge in [-0.3, -0.25) is 4.79 Å². The predicted molar refractivity (Wildman–Crippen MR) is 75.6 cm³/mol. The summed E-state index contributed by atoms with van der Waals surface area (Å²) in [6.45, 7) is 3.31. The van der Waals surface area contributed by atoms with Crippen LogP contribution in [0, 0.1) is 0 Å². The van der Waals surface area contributed by atoms with Crippen molar-refractivity contribution in [3.05, 3.63) is 29.8 Å². The van der Waals surface area contributed by atoms with Crippen LogP contribution >= 0.6 is 12.4 Å². The second-order valence-electron chi connectivity index (χ2n) is 3.89. The van der Waals surface area contributed by atoms with E-state index in [0.29, 0.717) is 6.54 Å². The van der Waals surface area contributed by atoms with Gasteiger partial charge >= 0.3 is 0 Å². The van der Waals surface area contributed by atoms with E-state index in [9.17, 15) is 4.79 Å². The highest BCUT2D eigenvalue weighted by Crippen LogP contribution is 2.20. The Morgan fingerprint density at radius 1 is 1.39 bits per heavy atom. The molecule has 0 saturated carbocycles. The molecule has 1 amide bonds. The third-order valence-corrected chi connectivity index (χ3v) is 2.66. The van der Waals surface area contributed by atoms with E-state index < -0.39 is 0 Å². The maximum Gasteiger partial charge on any atom is 0.227 e. The van der Waals surface area contributed by atoms with Crippen molar-refractivity contribution in [2.24, 2.45) is 0 Å². The Kier molecular flexibility index (Phi) is 8.16. The molecule has 0 heterocycles. The lowest BCUT2D eigenvalue weighted by atomic mass is 10.0. The molecule has 5 heteroatoms. The number of hydrogen-bond acceptors (Lipinski definition) is 3. The molecule has 0 radical (unpaired) electrons. The van der Waals surface area contributed by atoms with Crippen LogP contribution in [-0.4, -0.2) is 33.2 Å². The quantitative estimate of drug-likeness (QED) is 0.773. The molecule has 0 aliphatic heterocycles. The highest BCUT2D eigenvalue weighted by molar-refractivity contribution is 5.85. The van der Waals surface area contributed by atoms with Crippen LogP contribution in [0.3, 0.4) is 0 Å². The maximum absolute atomic E-state index is 11.8. The van der Waals surface area contributed by atoms with Crippen molar-refractivity contribution in [2.45, 2.75) is 12.8 Å². The topological polar surface area (TPSA) is 50.4 Å². The van der Waals surface area contributed by atoms with Gasteiger partial charge in [0.25, 0.3) is 0 Å². The van der Waals surface area contributed by atoms with Crippen LogP contribution in [0.15, 0.2) is 24.3 Å². The summed E-state index contributed by atoms with van der Waals surface area (Å²) in [5.41, 5.74) is 0.964. The van der Waals surface area contributed by atoms with Gasteiger partial charge in [0.15, 0.2) is 0 Å². The molecule has 1 aromatic carbocycles. The fourth-order valence-corrected chi connectivity index (χ4v) is 1.53. The number of halogens is 1. The molecule has 4 nitrogen and oxygen atoms in total. The molecule has 1 atom stereocenters. The van der Waals surface area contributed by atoms with E-state index in [1.54, 1.807) is 7.11 Å². The molecular formula is C13H21ClN2O2. The predicted octanol–water partition coefficient (Wildman–Crippen LogP) is 1.56. The summed E-state index contributed by atoms with van der Waals surface area (Å²) in [5, 5.41) is 5.86. The number of carbonyl (C=O) groups excluding carboxylic acids is 1. The molecule has 0 fully saturated rings. The molecule has 0 aliphatic rings. The van der Waals surface area contributed by atoms with Crippen LogP contribution in [0.2, 0.25) is 0 Å². The van der Waals surface area contributed by atoms with Gasteiger partial charge in [-0.1, -0.05) is 12.1 Å². The Morgan fingerprint density at radius 2 is 2.11 bits per heavy atom. The van der Waals surface area contributed by atoms with Crippen LogP contribution in [0.5, 0.6) is 5.75 Å². The Bertz CT molecular complexity index is 372. The zero-order chi connectivity index (χ0) is 12.7. The van der Waals surface area contributed by atoms with E-state index in [1.807, 2.05) is 38.2 Å². The average Bonchev–Trinajstić information content (AvgIpc) is 2.38. The van der Waals surface area contributed by atoms with Gasteiger partial charge in [-0.05, 0) is 31.7 Å². The van der Waals surface area contributed by atoms with E-state index in [-0.39, 0.29) is 24.2 Å². The number of hydrogen-bond donors (Lipinski definition) is 2. The van der Waals surface area contributed by atoms with Gasteiger partial charge in [0.2, 0.25) is 5.91 Å². The number of ether oxygens (including phenoxy) is 1. The van der Waals surface area contributed by atoms with E-state index in [0.717, 1.165) is 17.9 Å². The molecule has 102 valence electrons. The second-order valence-corrected chi connectivity index (χ2v) is 3.89. The maximum atomic E-state index is 11.8. The molecule has 1 aromatic rings. The summed E-state index contributed by atoms with van der Waals surface area (Å²) in [6, 6.07) is 7.59. The molecule has 0 saturated heterocycles. The van der Waals surface area contributed by atoms with E-state index in [1.165, 1.54) is 0 Å². The first-order valence-electron chi connectivity index (χ1n) is 5.75. The van der Waals surface area contributed by atoms with Gasteiger partial charge in [-0.25, -0.2) is 0 Å². The molecule has 0 aliphatic carbocycles. The Morgan fingerprint density at radius 3 is 2.72 bits per heavy atom. The normalized spacial score (nSPS) is 11.3. The molecule has 0 bridgehead atoms. The summed E-state index contributed by atoms with van der Waals surface area (Å²) in [7, 11) is 3.48. The van der Waals surface area contributed by atoms with Gasteiger partial charge in [-0.15, -0.1) is 12.4 Å². The highest BCUT2D eigenvalue weighted by atomic mass is 35.5. The fourth-order valence-electron chi connectivity index (χ4n) is 1.53. The third-order valence-electron chi connectivity index (χ3n) is 2.66. The third kappa shape index (κ3) is 4.94. The number of likely N-dealkylation sites (N-methyl/N-ethyl adjacent to an activating group) is 1. The van der Waals surface area contributed by atoms with Crippen LogP contribution in [0.4, 0.5) is 0 Å². The average molecular weight is 273 g/mol. The molecule has 18 heavy (non-hydrogen) atoms. The van der Waals surface area contributed by atoms with E-state index >= 15 is 0 Å². The summed E-state index contributed by atoms with van der Waals surface area (Å²) in [6.07, 6.45) is 0. The summed E-state index contributed by atoms with van der Waals surface area (Å²) >= 11 is 0. The number of methoxy groups -OCH3 is 1. The van der Waals surface area contributed by atoms with Gasteiger partial charge in [0.1, 0.15) is 5.75 Å². The summed E-state index contributed by atoms with van der Waals surface area (Å²) in [5.74, 6) is 0.646. The smallest absolute Gasteiger partial charge is 0.227 e. The minimum atomic E-state index is -0.165. The number of rotatable bonds is 6. The van der Waals surface area contributed by atoms with Gasteiger partial charge in [0, 0.05) is 13.1 Å². The minimum Gasteiger partial charge on any atom is -0.497 e.